The van der Waals surface area contributed by atoms with Crippen LogP contribution in [0.2, 0.25) is 0 Å². The van der Waals surface area contributed by atoms with Crippen molar-refractivity contribution >= 4 is 6.20 Å². The minimum Gasteiger partial charge on any atom is -0.384 e. The van der Waals surface area contributed by atoms with Gasteiger partial charge in [0, 0.05) is 24.0 Å². The maximum atomic E-state index is 9.84. The highest BCUT2D eigenvalue weighted by molar-refractivity contribution is 5.33. The van der Waals surface area contributed by atoms with E-state index in [-0.39, 0.29) is 5.41 Å². The highest BCUT2D eigenvalue weighted by atomic mass is 16.3. The summed E-state index contributed by atoms with van der Waals surface area (Å²) in [6.07, 6.45) is 6.97. The quantitative estimate of drug-likeness (QED) is 0.629. The van der Waals surface area contributed by atoms with E-state index in [1.807, 2.05) is 36.9 Å². The summed E-state index contributed by atoms with van der Waals surface area (Å²) in [5, 5.41) is 9.84. The Hall–Kier alpha value is -1.09. The first-order chi connectivity index (χ1) is 5.61. The van der Waals surface area contributed by atoms with Crippen LogP contribution >= 0.6 is 0 Å². The Labute approximate surface area is 71.4 Å². The molecule has 0 saturated carbocycles. The number of aliphatic hydroxyl groups is 1. The molecule has 0 amide bonds. The highest BCUT2D eigenvalue weighted by Gasteiger charge is 2.32. The van der Waals surface area contributed by atoms with Crippen LogP contribution in [0.25, 0.3) is 6.20 Å². The van der Waals surface area contributed by atoms with E-state index in [1.165, 1.54) is 0 Å². The van der Waals surface area contributed by atoms with Gasteiger partial charge in [-0.05, 0) is 0 Å². The van der Waals surface area contributed by atoms with Crippen molar-refractivity contribution in [1.29, 1.82) is 0 Å². The van der Waals surface area contributed by atoms with Crippen molar-refractivity contribution in [2.24, 2.45) is 5.41 Å². The Morgan fingerprint density at radius 3 is 3.08 bits per heavy atom. The van der Waals surface area contributed by atoms with Gasteiger partial charge in [-0.15, -0.1) is 0 Å². The van der Waals surface area contributed by atoms with Crippen molar-refractivity contribution in [3.05, 3.63) is 24.3 Å². The van der Waals surface area contributed by atoms with Crippen molar-refractivity contribution in [3.63, 3.8) is 0 Å². The summed E-state index contributed by atoms with van der Waals surface area (Å²) < 4.78 is 1.84. The molecule has 0 spiro atoms. The lowest BCUT2D eigenvalue weighted by molar-refractivity contribution is 0.0696. The molecule has 2 rings (SSSR count). The lowest BCUT2D eigenvalue weighted by atomic mass is 9.84. The molecule has 0 fully saturated rings. The number of fused-ring (bicyclic) bond motifs is 1. The van der Waals surface area contributed by atoms with Crippen LogP contribution in [0.5, 0.6) is 0 Å². The van der Waals surface area contributed by atoms with Crippen LogP contribution in [0.3, 0.4) is 0 Å². The fourth-order valence-electron chi connectivity index (χ4n) is 1.36. The zero-order valence-corrected chi connectivity index (χ0v) is 7.23. The average Bonchev–Trinajstić information content (AvgIpc) is 2.45. The van der Waals surface area contributed by atoms with E-state index in [4.69, 9.17) is 0 Å². The lowest BCUT2D eigenvalue weighted by Gasteiger charge is -2.30. The minimum absolute atomic E-state index is 0.207. The van der Waals surface area contributed by atoms with E-state index in [9.17, 15) is 5.11 Å². The first-order valence-electron chi connectivity index (χ1n) is 4.01. The van der Waals surface area contributed by atoms with Gasteiger partial charge in [-0.25, -0.2) is 4.98 Å². The monoisotopic (exact) mass is 164 g/mol. The number of rotatable bonds is 0. The van der Waals surface area contributed by atoms with Gasteiger partial charge in [0.05, 0.1) is 0 Å². The first kappa shape index (κ1) is 7.55. The third-order valence-electron chi connectivity index (χ3n) is 2.31. The Balaban J connectivity index is 2.52. The number of nitrogens with zero attached hydrogens (tertiary/aromatic N) is 2. The average molecular weight is 164 g/mol. The van der Waals surface area contributed by atoms with E-state index >= 15 is 0 Å². The van der Waals surface area contributed by atoms with Gasteiger partial charge < -0.3 is 9.67 Å². The van der Waals surface area contributed by atoms with Gasteiger partial charge in [-0.2, -0.15) is 0 Å². The number of aromatic nitrogens is 2. The van der Waals surface area contributed by atoms with E-state index in [1.54, 1.807) is 6.20 Å². The number of aliphatic hydroxyl groups excluding tert-OH is 1. The largest absolute Gasteiger partial charge is 0.384 e. The fraction of sp³-hybridized carbons (Fsp3) is 0.444. The molecule has 1 N–H and O–H groups in total. The summed E-state index contributed by atoms with van der Waals surface area (Å²) in [5.41, 5.74) is -0.207. The molecule has 0 saturated heterocycles. The zero-order chi connectivity index (χ0) is 8.77. The van der Waals surface area contributed by atoms with E-state index in [0.717, 1.165) is 5.82 Å². The number of hydrogen-bond acceptors (Lipinski definition) is 2. The predicted molar refractivity (Wildman–Crippen MR) is 46.3 cm³/mol. The lowest BCUT2D eigenvalue weighted by Crippen LogP contribution is -2.25. The predicted octanol–water partition coefficient (Wildman–Crippen LogP) is 1.43. The van der Waals surface area contributed by atoms with Gasteiger partial charge in [0.2, 0.25) is 0 Å². The molecule has 3 nitrogen and oxygen atoms in total. The molecule has 1 aromatic heterocycles. The Morgan fingerprint density at radius 2 is 2.33 bits per heavy atom. The van der Waals surface area contributed by atoms with Crippen LogP contribution < -0.4 is 0 Å². The van der Waals surface area contributed by atoms with Gasteiger partial charge in [0.25, 0.3) is 0 Å². The summed E-state index contributed by atoms with van der Waals surface area (Å²) >= 11 is 0. The molecular weight excluding hydrogens is 152 g/mol. The second-order valence-electron chi connectivity index (χ2n) is 3.73. The molecule has 64 valence electrons. The van der Waals surface area contributed by atoms with Crippen LogP contribution in [-0.2, 0) is 0 Å². The minimum atomic E-state index is -0.502. The molecular formula is C9H12N2O. The summed E-state index contributed by atoms with van der Waals surface area (Å²) in [5.74, 6) is 0.725. The third-order valence-corrected chi connectivity index (χ3v) is 2.31. The molecule has 0 aliphatic carbocycles. The molecule has 1 aliphatic rings. The molecule has 2 heterocycles. The van der Waals surface area contributed by atoms with Crippen LogP contribution in [0.1, 0.15) is 25.8 Å². The number of imidazole rings is 1. The molecule has 0 bridgehead atoms. The molecule has 1 unspecified atom stereocenters. The van der Waals surface area contributed by atoms with Crippen LogP contribution in [0.15, 0.2) is 18.5 Å². The summed E-state index contributed by atoms with van der Waals surface area (Å²) in [6, 6.07) is 0. The third kappa shape index (κ3) is 0.898. The van der Waals surface area contributed by atoms with Gasteiger partial charge in [-0.3, -0.25) is 0 Å². The van der Waals surface area contributed by atoms with Crippen LogP contribution in [-0.4, -0.2) is 14.7 Å². The second-order valence-corrected chi connectivity index (χ2v) is 3.73. The normalized spacial score (nSPS) is 25.4. The van der Waals surface area contributed by atoms with E-state index in [0.29, 0.717) is 0 Å². The van der Waals surface area contributed by atoms with Crippen molar-refractivity contribution in [3.8, 4) is 0 Å². The Bertz CT molecular complexity index is 325. The second kappa shape index (κ2) is 2.20. The molecule has 3 heteroatoms. The maximum Gasteiger partial charge on any atom is 0.142 e. The summed E-state index contributed by atoms with van der Waals surface area (Å²) in [4.78, 5) is 4.10. The SMILES string of the molecule is CC1(C)C=Cn2ccnc2C1O. The van der Waals surface area contributed by atoms with Gasteiger partial charge >= 0.3 is 0 Å². The van der Waals surface area contributed by atoms with Crippen LogP contribution in [0, 0.1) is 5.41 Å². The maximum absolute atomic E-state index is 9.84. The van der Waals surface area contributed by atoms with Crippen molar-refractivity contribution in [2.45, 2.75) is 20.0 Å². The summed E-state index contributed by atoms with van der Waals surface area (Å²) in [7, 11) is 0. The standard InChI is InChI=1S/C9H12N2O/c1-9(2)3-5-11-6-4-10-8(11)7(9)12/h3-7,12H,1-2H3. The smallest absolute Gasteiger partial charge is 0.142 e. The fourth-order valence-corrected chi connectivity index (χ4v) is 1.36. The van der Waals surface area contributed by atoms with Gasteiger partial charge in [0.1, 0.15) is 11.9 Å². The molecule has 1 aromatic rings. The topological polar surface area (TPSA) is 38.0 Å². The van der Waals surface area contributed by atoms with E-state index in [2.05, 4.69) is 4.98 Å². The van der Waals surface area contributed by atoms with Crippen molar-refractivity contribution in [1.82, 2.24) is 9.55 Å². The van der Waals surface area contributed by atoms with Crippen LogP contribution in [0.4, 0.5) is 0 Å². The Morgan fingerprint density at radius 1 is 1.58 bits per heavy atom. The van der Waals surface area contributed by atoms with Gasteiger partial charge in [-0.1, -0.05) is 19.9 Å². The zero-order valence-electron chi connectivity index (χ0n) is 7.23. The van der Waals surface area contributed by atoms with E-state index < -0.39 is 6.10 Å². The molecule has 12 heavy (non-hydrogen) atoms. The summed E-state index contributed by atoms with van der Waals surface area (Å²) in [6.45, 7) is 3.98. The first-order valence-corrected chi connectivity index (χ1v) is 4.01. The molecule has 0 aromatic carbocycles. The Kier molecular flexibility index (Phi) is 1.38. The molecule has 1 atom stereocenters. The van der Waals surface area contributed by atoms with Crippen molar-refractivity contribution in [2.75, 3.05) is 0 Å². The highest BCUT2D eigenvalue weighted by Crippen LogP contribution is 2.36. The molecule has 1 aliphatic heterocycles. The number of hydrogen-bond donors (Lipinski definition) is 1. The van der Waals surface area contributed by atoms with Gasteiger partial charge in [0.15, 0.2) is 0 Å². The van der Waals surface area contributed by atoms with Crippen molar-refractivity contribution < 1.29 is 5.11 Å². The molecule has 0 radical (unpaired) electrons.